The number of nitrogens with zero attached hydrogens (tertiary/aromatic N) is 1. The van der Waals surface area contributed by atoms with Crippen molar-refractivity contribution in [2.75, 3.05) is 13.2 Å². The first kappa shape index (κ1) is 27.6. The second kappa shape index (κ2) is 11.4. The van der Waals surface area contributed by atoms with Crippen molar-refractivity contribution in [1.29, 1.82) is 0 Å². The second-order valence-corrected chi connectivity index (χ2v) is 15.9. The van der Waals surface area contributed by atoms with Crippen molar-refractivity contribution in [3.05, 3.63) is 45.5 Å². The number of aryl methyl sites for hydroxylation is 1. The van der Waals surface area contributed by atoms with E-state index in [0.717, 1.165) is 29.2 Å². The highest BCUT2D eigenvalue weighted by Gasteiger charge is 2.33. The molecule has 0 spiro atoms. The monoisotopic (exact) mass is 516 g/mol. The number of Topliss-reactive ketones (excluding diaryl/α,β-unsaturated/α-hetero) is 2. The lowest BCUT2D eigenvalue weighted by Crippen LogP contribution is -2.23. The molecule has 2 aliphatic rings. The SMILES string of the molecule is CCOC(=O)c1cc2c([nH]1)C(=O)CC2.CCc1c2c(n(COCC[Si](C)(C)C)c1C(=O)O)C(=O)CC2. The molecule has 0 atom stereocenters. The molecule has 0 aromatic carbocycles. The fraction of sp³-hybridized carbons (Fsp3) is 0.538. The van der Waals surface area contributed by atoms with Gasteiger partial charge in [0.25, 0.3) is 0 Å². The molecule has 4 rings (SSSR count). The molecule has 9 nitrogen and oxygen atoms in total. The molecule has 36 heavy (non-hydrogen) atoms. The van der Waals surface area contributed by atoms with E-state index in [1.54, 1.807) is 17.6 Å². The molecule has 0 aliphatic heterocycles. The largest absolute Gasteiger partial charge is 0.477 e. The topological polar surface area (TPSA) is 128 Å². The van der Waals surface area contributed by atoms with E-state index in [2.05, 4.69) is 24.6 Å². The second-order valence-electron chi connectivity index (χ2n) is 10.2. The number of carboxylic acids is 1. The molecule has 0 unspecified atom stereocenters. The summed E-state index contributed by atoms with van der Waals surface area (Å²) in [5.74, 6) is -1.26. The van der Waals surface area contributed by atoms with Crippen LogP contribution >= 0.6 is 0 Å². The Morgan fingerprint density at radius 2 is 1.78 bits per heavy atom. The van der Waals surface area contributed by atoms with E-state index in [1.165, 1.54) is 0 Å². The summed E-state index contributed by atoms with van der Waals surface area (Å²) in [6.07, 6.45) is 3.03. The average Bonchev–Trinajstić information content (AvgIpc) is 3.54. The predicted octanol–water partition coefficient (Wildman–Crippen LogP) is 4.51. The number of rotatable bonds is 9. The number of aromatic nitrogens is 2. The maximum absolute atomic E-state index is 12.1. The Labute approximate surface area is 212 Å². The van der Waals surface area contributed by atoms with Crippen LogP contribution in [0.2, 0.25) is 25.7 Å². The summed E-state index contributed by atoms with van der Waals surface area (Å²) in [7, 11) is -1.18. The van der Waals surface area contributed by atoms with E-state index >= 15 is 0 Å². The zero-order chi connectivity index (χ0) is 26.6. The molecular formula is C26H36N2O7Si. The minimum atomic E-state index is -1.18. The Kier molecular flexibility index (Phi) is 8.73. The van der Waals surface area contributed by atoms with Crippen molar-refractivity contribution in [3.63, 3.8) is 0 Å². The van der Waals surface area contributed by atoms with Gasteiger partial charge in [0.05, 0.1) is 18.0 Å². The third-order valence-electron chi connectivity index (χ3n) is 6.41. The molecule has 2 aliphatic carbocycles. The van der Waals surface area contributed by atoms with Crippen molar-refractivity contribution in [2.24, 2.45) is 0 Å². The fourth-order valence-corrected chi connectivity index (χ4v) is 5.35. The first-order valence-corrected chi connectivity index (χ1v) is 16.2. The predicted molar refractivity (Wildman–Crippen MR) is 137 cm³/mol. The molecule has 0 amide bonds. The molecule has 0 bridgehead atoms. The number of hydrogen-bond donors (Lipinski definition) is 2. The Morgan fingerprint density at radius 3 is 2.36 bits per heavy atom. The first-order valence-electron chi connectivity index (χ1n) is 12.5. The van der Waals surface area contributed by atoms with Crippen molar-refractivity contribution in [1.82, 2.24) is 9.55 Å². The number of nitrogens with one attached hydrogen (secondary N) is 1. The Morgan fingerprint density at radius 1 is 1.08 bits per heavy atom. The number of carboxylic acid groups (broad SMARTS) is 1. The third-order valence-corrected chi connectivity index (χ3v) is 8.11. The molecular weight excluding hydrogens is 480 g/mol. The Balaban J connectivity index is 0.000000221. The number of aromatic amines is 1. The highest BCUT2D eigenvalue weighted by atomic mass is 28.3. The van der Waals surface area contributed by atoms with E-state index in [-0.39, 0.29) is 24.0 Å². The normalized spacial score (nSPS) is 14.4. The summed E-state index contributed by atoms with van der Waals surface area (Å²) < 4.78 is 12.1. The first-order chi connectivity index (χ1) is 17.0. The van der Waals surface area contributed by atoms with Crippen LogP contribution < -0.4 is 0 Å². The summed E-state index contributed by atoms with van der Waals surface area (Å²) in [6, 6.07) is 2.73. The van der Waals surface area contributed by atoms with Gasteiger partial charge in [-0.25, -0.2) is 9.59 Å². The molecule has 2 aromatic heterocycles. The maximum Gasteiger partial charge on any atom is 0.354 e. The number of carbonyl (C=O) groups excluding carboxylic acids is 3. The molecule has 0 saturated carbocycles. The summed E-state index contributed by atoms with van der Waals surface area (Å²) in [5, 5.41) is 9.53. The number of ether oxygens (including phenoxy) is 2. The number of esters is 1. The molecule has 0 saturated heterocycles. The standard InChI is InChI=1S/C16H25NO4Si.C10H11NO3/c1-5-11-12-6-7-13(18)14(12)17(15(11)16(19)20)10-21-8-9-22(2,3)4;1-2-14-10(13)7-5-6-3-4-8(12)9(6)11-7/h5-10H2,1-4H3,(H,19,20);5,11H,2-4H2,1H3. The van der Waals surface area contributed by atoms with Crippen LogP contribution in [0.5, 0.6) is 0 Å². The summed E-state index contributed by atoms with van der Waals surface area (Å²) in [6.45, 7) is 11.6. The fourth-order valence-electron chi connectivity index (χ4n) is 4.59. The number of ketones is 2. The number of fused-ring (bicyclic) bond motifs is 2. The highest BCUT2D eigenvalue weighted by molar-refractivity contribution is 6.76. The van der Waals surface area contributed by atoms with Crippen LogP contribution in [0.3, 0.4) is 0 Å². The van der Waals surface area contributed by atoms with Crippen molar-refractivity contribution in [3.8, 4) is 0 Å². The van der Waals surface area contributed by atoms with E-state index in [4.69, 9.17) is 9.47 Å². The summed E-state index contributed by atoms with van der Waals surface area (Å²) >= 11 is 0. The minimum Gasteiger partial charge on any atom is -0.477 e. The molecule has 2 heterocycles. The van der Waals surface area contributed by atoms with E-state index in [0.29, 0.717) is 56.0 Å². The van der Waals surface area contributed by atoms with Crippen molar-refractivity contribution < 1.29 is 33.8 Å². The number of carbonyl (C=O) groups is 4. The lowest BCUT2D eigenvalue weighted by molar-refractivity contribution is 0.0519. The van der Waals surface area contributed by atoms with Crippen LogP contribution in [0.15, 0.2) is 6.07 Å². The maximum atomic E-state index is 12.1. The van der Waals surface area contributed by atoms with Crippen LogP contribution in [-0.4, -0.2) is 59.5 Å². The van der Waals surface area contributed by atoms with Crippen molar-refractivity contribution >= 4 is 31.6 Å². The molecule has 2 N–H and O–H groups in total. The van der Waals surface area contributed by atoms with Gasteiger partial charge in [-0.1, -0.05) is 26.6 Å². The molecule has 10 heteroatoms. The minimum absolute atomic E-state index is 0.0333. The smallest absolute Gasteiger partial charge is 0.354 e. The molecule has 196 valence electrons. The van der Waals surface area contributed by atoms with E-state index in [9.17, 15) is 24.3 Å². The van der Waals surface area contributed by atoms with Gasteiger partial charge in [0.2, 0.25) is 0 Å². The van der Waals surface area contributed by atoms with Gasteiger partial charge < -0.3 is 24.1 Å². The van der Waals surface area contributed by atoms with Gasteiger partial charge in [0, 0.05) is 27.5 Å². The van der Waals surface area contributed by atoms with Crippen LogP contribution in [0.25, 0.3) is 0 Å². The lowest BCUT2D eigenvalue weighted by Gasteiger charge is -2.16. The number of aromatic carboxylic acids is 1. The van der Waals surface area contributed by atoms with E-state index in [1.807, 2.05) is 6.92 Å². The zero-order valence-corrected chi connectivity index (χ0v) is 22.8. The molecule has 0 radical (unpaired) electrons. The quantitative estimate of drug-likeness (QED) is 0.285. The van der Waals surface area contributed by atoms with Gasteiger partial charge in [-0.05, 0) is 55.0 Å². The lowest BCUT2D eigenvalue weighted by atomic mass is 10.1. The van der Waals surface area contributed by atoms with Gasteiger partial charge >= 0.3 is 11.9 Å². The van der Waals surface area contributed by atoms with Gasteiger partial charge in [0.15, 0.2) is 11.6 Å². The van der Waals surface area contributed by atoms with Crippen LogP contribution in [-0.2, 0) is 35.5 Å². The van der Waals surface area contributed by atoms with Crippen molar-refractivity contribution in [2.45, 2.75) is 78.4 Å². The van der Waals surface area contributed by atoms with Gasteiger partial charge in [-0.15, -0.1) is 0 Å². The van der Waals surface area contributed by atoms with Gasteiger partial charge in [-0.3, -0.25) is 9.59 Å². The zero-order valence-electron chi connectivity index (χ0n) is 21.8. The van der Waals surface area contributed by atoms with E-state index < -0.39 is 20.0 Å². The number of hydrogen-bond acceptors (Lipinski definition) is 6. The summed E-state index contributed by atoms with van der Waals surface area (Å²) in [4.78, 5) is 49.1. The molecule has 0 fully saturated rings. The summed E-state index contributed by atoms with van der Waals surface area (Å²) in [5.41, 5.74) is 4.38. The van der Waals surface area contributed by atoms with Crippen LogP contribution in [0, 0.1) is 0 Å². The van der Waals surface area contributed by atoms with Crippen LogP contribution in [0.1, 0.15) is 85.3 Å². The Bertz CT molecular complexity index is 1170. The van der Waals surface area contributed by atoms with Gasteiger partial charge in [-0.2, -0.15) is 0 Å². The number of H-pyrrole nitrogens is 1. The Hall–Kier alpha value is -2.98. The average molecular weight is 517 g/mol. The molecule has 2 aromatic rings. The van der Waals surface area contributed by atoms with Gasteiger partial charge in [0.1, 0.15) is 18.1 Å². The third kappa shape index (κ3) is 6.04. The highest BCUT2D eigenvalue weighted by Crippen LogP contribution is 2.32. The van der Waals surface area contributed by atoms with Crippen LogP contribution in [0.4, 0.5) is 0 Å².